The molecule has 0 radical (unpaired) electrons. The van der Waals surface area contributed by atoms with Gasteiger partial charge in [0.25, 0.3) is 0 Å². The Morgan fingerprint density at radius 1 is 1.44 bits per heavy atom. The van der Waals surface area contributed by atoms with Crippen molar-refractivity contribution in [3.05, 3.63) is 34.4 Å². The highest BCUT2D eigenvalue weighted by molar-refractivity contribution is 9.10. The molecule has 0 amide bonds. The van der Waals surface area contributed by atoms with Crippen LogP contribution in [0.1, 0.15) is 37.8 Å². The van der Waals surface area contributed by atoms with Gasteiger partial charge in [-0.2, -0.15) is 0 Å². The first-order valence-corrected chi connectivity index (χ1v) is 6.53. The van der Waals surface area contributed by atoms with Crippen LogP contribution in [0.5, 0.6) is 0 Å². The molecule has 3 N–H and O–H groups in total. The predicted octanol–water partition coefficient (Wildman–Crippen LogP) is 4.12. The van der Waals surface area contributed by atoms with Gasteiger partial charge < -0.3 is 10.7 Å². The Morgan fingerprint density at radius 3 is 3.00 bits per heavy atom. The van der Waals surface area contributed by atoms with E-state index in [1.165, 1.54) is 23.8 Å². The molecule has 3 heteroatoms. The maximum Gasteiger partial charge on any atom is 0.0458 e. The Balaban J connectivity index is 2.33. The van der Waals surface area contributed by atoms with Crippen molar-refractivity contribution in [2.45, 2.75) is 32.2 Å². The zero-order chi connectivity index (χ0) is 11.5. The van der Waals surface area contributed by atoms with Gasteiger partial charge in [-0.05, 0) is 30.2 Å². The second kappa shape index (κ2) is 5.02. The van der Waals surface area contributed by atoms with Crippen molar-refractivity contribution in [2.75, 3.05) is 0 Å². The summed E-state index contributed by atoms with van der Waals surface area (Å²) in [5.41, 5.74) is 8.59. The Bertz CT molecular complexity index is 476. The molecule has 16 heavy (non-hydrogen) atoms. The summed E-state index contributed by atoms with van der Waals surface area (Å²) in [6, 6.07) is 6.39. The predicted molar refractivity (Wildman–Crippen MR) is 72.5 cm³/mol. The smallest absolute Gasteiger partial charge is 0.0458 e. The molecule has 2 aromatic rings. The highest BCUT2D eigenvalue weighted by Crippen LogP contribution is 2.28. The molecule has 86 valence electrons. The molecule has 0 unspecified atom stereocenters. The summed E-state index contributed by atoms with van der Waals surface area (Å²) in [5.74, 6) is 0. The van der Waals surface area contributed by atoms with Gasteiger partial charge in [-0.15, -0.1) is 0 Å². The standard InChI is InChI=1S/C13H17BrN2/c1-2-3-4-12(15)11-8-16-13-6-5-9(14)7-10(11)13/h5-8,12,16H,2-4,15H2,1H3/t12-/m0/s1. The molecule has 1 heterocycles. The van der Waals surface area contributed by atoms with Crippen molar-refractivity contribution in [1.29, 1.82) is 0 Å². The number of fused-ring (bicyclic) bond motifs is 1. The van der Waals surface area contributed by atoms with Crippen LogP contribution in [0, 0.1) is 0 Å². The number of hydrogen-bond acceptors (Lipinski definition) is 1. The van der Waals surface area contributed by atoms with Gasteiger partial charge in [0.2, 0.25) is 0 Å². The average molecular weight is 281 g/mol. The number of aromatic nitrogens is 1. The van der Waals surface area contributed by atoms with Crippen LogP contribution in [0.25, 0.3) is 10.9 Å². The van der Waals surface area contributed by atoms with E-state index in [1.807, 2.05) is 12.3 Å². The van der Waals surface area contributed by atoms with E-state index in [0.29, 0.717) is 0 Å². The number of nitrogens with one attached hydrogen (secondary N) is 1. The fourth-order valence-corrected chi connectivity index (χ4v) is 2.36. The molecular weight excluding hydrogens is 264 g/mol. The first-order valence-electron chi connectivity index (χ1n) is 5.74. The van der Waals surface area contributed by atoms with Gasteiger partial charge in [0.15, 0.2) is 0 Å². The van der Waals surface area contributed by atoms with Crippen LogP contribution in [0.4, 0.5) is 0 Å². The highest BCUT2D eigenvalue weighted by atomic mass is 79.9. The second-order valence-corrected chi connectivity index (χ2v) is 5.10. The molecule has 0 bridgehead atoms. The summed E-state index contributed by atoms with van der Waals surface area (Å²) in [5, 5.41) is 1.23. The fraction of sp³-hybridized carbons (Fsp3) is 0.385. The molecule has 0 spiro atoms. The first-order chi connectivity index (χ1) is 7.72. The third-order valence-electron chi connectivity index (χ3n) is 2.94. The van der Waals surface area contributed by atoms with Crippen LogP contribution >= 0.6 is 15.9 Å². The number of benzene rings is 1. The van der Waals surface area contributed by atoms with E-state index >= 15 is 0 Å². The number of halogens is 1. The van der Waals surface area contributed by atoms with Crippen molar-refractivity contribution in [3.63, 3.8) is 0 Å². The number of hydrogen-bond donors (Lipinski definition) is 2. The highest BCUT2D eigenvalue weighted by Gasteiger charge is 2.11. The SMILES string of the molecule is CCCC[C@H](N)c1c[nH]c2ccc(Br)cc12. The lowest BCUT2D eigenvalue weighted by molar-refractivity contribution is 0.606. The van der Waals surface area contributed by atoms with Crippen molar-refractivity contribution >= 4 is 26.8 Å². The number of H-pyrrole nitrogens is 1. The van der Waals surface area contributed by atoms with E-state index in [1.54, 1.807) is 0 Å². The number of aromatic amines is 1. The summed E-state index contributed by atoms with van der Waals surface area (Å²) < 4.78 is 1.10. The fourth-order valence-electron chi connectivity index (χ4n) is 2.00. The quantitative estimate of drug-likeness (QED) is 0.869. The van der Waals surface area contributed by atoms with Crippen LogP contribution < -0.4 is 5.73 Å². The number of unbranched alkanes of at least 4 members (excludes halogenated alkanes) is 1. The van der Waals surface area contributed by atoms with Gasteiger partial charge in [0.05, 0.1) is 0 Å². The van der Waals surface area contributed by atoms with Crippen LogP contribution in [0.15, 0.2) is 28.9 Å². The first kappa shape index (κ1) is 11.7. The maximum absolute atomic E-state index is 6.21. The van der Waals surface area contributed by atoms with E-state index in [9.17, 15) is 0 Å². The molecule has 0 aliphatic heterocycles. The summed E-state index contributed by atoms with van der Waals surface area (Å²) >= 11 is 3.50. The van der Waals surface area contributed by atoms with Crippen LogP contribution in [0.3, 0.4) is 0 Å². The second-order valence-electron chi connectivity index (χ2n) is 4.18. The molecule has 2 rings (SSSR count). The van der Waals surface area contributed by atoms with Crippen LogP contribution in [-0.2, 0) is 0 Å². The largest absolute Gasteiger partial charge is 0.361 e. The normalized spacial score (nSPS) is 13.2. The molecule has 0 fully saturated rings. The zero-order valence-corrected chi connectivity index (χ0v) is 11.0. The van der Waals surface area contributed by atoms with Gasteiger partial charge >= 0.3 is 0 Å². The van der Waals surface area contributed by atoms with E-state index in [0.717, 1.165) is 16.4 Å². The molecule has 0 aliphatic carbocycles. The van der Waals surface area contributed by atoms with Gasteiger partial charge in [-0.1, -0.05) is 35.7 Å². The molecule has 0 aliphatic rings. The van der Waals surface area contributed by atoms with Crippen molar-refractivity contribution in [2.24, 2.45) is 5.73 Å². The topological polar surface area (TPSA) is 41.8 Å². The van der Waals surface area contributed by atoms with Gasteiger partial charge in [0.1, 0.15) is 0 Å². The monoisotopic (exact) mass is 280 g/mol. The summed E-state index contributed by atoms with van der Waals surface area (Å²) in [6.07, 6.45) is 5.47. The minimum atomic E-state index is 0.142. The van der Waals surface area contributed by atoms with Gasteiger partial charge in [-0.25, -0.2) is 0 Å². The Labute approximate surface area is 104 Å². The third-order valence-corrected chi connectivity index (χ3v) is 3.44. The lowest BCUT2D eigenvalue weighted by atomic mass is 10.0. The maximum atomic E-state index is 6.21. The average Bonchev–Trinajstić information content (AvgIpc) is 2.68. The van der Waals surface area contributed by atoms with E-state index in [2.05, 4.69) is 40.0 Å². The van der Waals surface area contributed by atoms with E-state index < -0.39 is 0 Å². The van der Waals surface area contributed by atoms with Crippen molar-refractivity contribution in [3.8, 4) is 0 Å². The van der Waals surface area contributed by atoms with Crippen LogP contribution in [-0.4, -0.2) is 4.98 Å². The lowest BCUT2D eigenvalue weighted by Crippen LogP contribution is -2.09. The summed E-state index contributed by atoms with van der Waals surface area (Å²) in [6.45, 7) is 2.19. The molecule has 1 aromatic heterocycles. The zero-order valence-electron chi connectivity index (χ0n) is 9.46. The van der Waals surface area contributed by atoms with E-state index in [-0.39, 0.29) is 6.04 Å². The Kier molecular flexibility index (Phi) is 3.66. The molecule has 2 nitrogen and oxygen atoms in total. The van der Waals surface area contributed by atoms with Gasteiger partial charge in [-0.3, -0.25) is 0 Å². The van der Waals surface area contributed by atoms with Crippen LogP contribution in [0.2, 0.25) is 0 Å². The molecule has 1 aromatic carbocycles. The molecular formula is C13H17BrN2. The molecule has 0 saturated heterocycles. The number of nitrogens with two attached hydrogens (primary N) is 1. The Hall–Kier alpha value is -0.800. The van der Waals surface area contributed by atoms with Gasteiger partial charge in [0, 0.05) is 27.6 Å². The summed E-state index contributed by atoms with van der Waals surface area (Å²) in [7, 11) is 0. The lowest BCUT2D eigenvalue weighted by Gasteiger charge is -2.09. The minimum absolute atomic E-state index is 0.142. The number of rotatable bonds is 4. The van der Waals surface area contributed by atoms with Crippen molar-refractivity contribution in [1.82, 2.24) is 4.98 Å². The Morgan fingerprint density at radius 2 is 2.25 bits per heavy atom. The molecule has 1 atom stereocenters. The third kappa shape index (κ3) is 2.30. The summed E-state index contributed by atoms with van der Waals surface area (Å²) in [4.78, 5) is 3.27. The van der Waals surface area contributed by atoms with Crippen molar-refractivity contribution < 1.29 is 0 Å². The van der Waals surface area contributed by atoms with E-state index in [4.69, 9.17) is 5.73 Å². The molecule has 0 saturated carbocycles. The minimum Gasteiger partial charge on any atom is -0.361 e.